The SMILES string of the molecule is COc1ccc(Br)c(NC(=O)NC2CCCC2O)c1. The van der Waals surface area contributed by atoms with Crippen LogP contribution in [0.3, 0.4) is 0 Å². The van der Waals surface area contributed by atoms with Crippen LogP contribution in [-0.2, 0) is 0 Å². The van der Waals surface area contributed by atoms with Crippen LogP contribution in [0.2, 0.25) is 0 Å². The number of carbonyl (C=O) groups excluding carboxylic acids is 1. The molecule has 1 fully saturated rings. The number of anilines is 1. The van der Waals surface area contributed by atoms with E-state index in [9.17, 15) is 9.90 Å². The molecule has 1 saturated carbocycles. The number of carbonyl (C=O) groups is 1. The molecule has 0 aromatic heterocycles. The fourth-order valence-electron chi connectivity index (χ4n) is 2.16. The van der Waals surface area contributed by atoms with Crippen LogP contribution < -0.4 is 15.4 Å². The van der Waals surface area contributed by atoms with Crippen LogP contribution in [0.15, 0.2) is 22.7 Å². The van der Waals surface area contributed by atoms with E-state index in [4.69, 9.17) is 4.74 Å². The molecule has 3 N–H and O–H groups in total. The van der Waals surface area contributed by atoms with Crippen LogP contribution in [0.1, 0.15) is 19.3 Å². The van der Waals surface area contributed by atoms with Crippen molar-refractivity contribution < 1.29 is 14.6 Å². The van der Waals surface area contributed by atoms with Crippen LogP contribution >= 0.6 is 15.9 Å². The van der Waals surface area contributed by atoms with Crippen molar-refractivity contribution in [1.29, 1.82) is 0 Å². The van der Waals surface area contributed by atoms with Crippen LogP contribution in [0.4, 0.5) is 10.5 Å². The molecule has 2 atom stereocenters. The molecule has 1 aliphatic carbocycles. The highest BCUT2D eigenvalue weighted by Gasteiger charge is 2.26. The first kappa shape index (κ1) is 14.1. The van der Waals surface area contributed by atoms with Gasteiger partial charge in [0.2, 0.25) is 0 Å². The molecule has 2 rings (SSSR count). The molecule has 6 heteroatoms. The number of amides is 2. The molecule has 0 saturated heterocycles. The summed E-state index contributed by atoms with van der Waals surface area (Å²) in [6.07, 6.45) is 2.05. The number of hydrogen-bond donors (Lipinski definition) is 3. The molecular formula is C13H17BrN2O3. The zero-order chi connectivity index (χ0) is 13.8. The van der Waals surface area contributed by atoms with Gasteiger partial charge in [0.25, 0.3) is 0 Å². The molecule has 0 radical (unpaired) electrons. The van der Waals surface area contributed by atoms with E-state index in [0.29, 0.717) is 11.4 Å². The van der Waals surface area contributed by atoms with Crippen LogP contribution in [0, 0.1) is 0 Å². The van der Waals surface area contributed by atoms with E-state index in [1.165, 1.54) is 0 Å². The standard InChI is InChI=1S/C13H17BrN2O3/c1-19-8-5-6-9(14)11(7-8)16-13(18)15-10-3-2-4-12(10)17/h5-7,10,12,17H,2-4H2,1H3,(H2,15,16,18). The Morgan fingerprint density at radius 1 is 1.47 bits per heavy atom. The second-order valence-electron chi connectivity index (χ2n) is 4.55. The molecule has 5 nitrogen and oxygen atoms in total. The average molecular weight is 329 g/mol. The summed E-state index contributed by atoms with van der Waals surface area (Å²) < 4.78 is 5.88. The second-order valence-corrected chi connectivity index (χ2v) is 5.40. The lowest BCUT2D eigenvalue weighted by atomic mass is 10.2. The number of benzene rings is 1. The monoisotopic (exact) mass is 328 g/mol. The van der Waals surface area contributed by atoms with E-state index in [1.807, 2.05) is 0 Å². The zero-order valence-electron chi connectivity index (χ0n) is 10.6. The van der Waals surface area contributed by atoms with Crippen LogP contribution in [-0.4, -0.2) is 30.4 Å². The zero-order valence-corrected chi connectivity index (χ0v) is 12.2. The van der Waals surface area contributed by atoms with Gasteiger partial charge in [-0.1, -0.05) is 0 Å². The number of ether oxygens (including phenoxy) is 1. The van der Waals surface area contributed by atoms with Gasteiger partial charge in [-0.15, -0.1) is 0 Å². The number of aliphatic hydroxyl groups is 1. The topological polar surface area (TPSA) is 70.6 Å². The molecule has 104 valence electrons. The van der Waals surface area contributed by atoms with E-state index < -0.39 is 6.10 Å². The molecule has 0 spiro atoms. The maximum atomic E-state index is 11.9. The Balaban J connectivity index is 1.98. The van der Waals surface area contributed by atoms with Gasteiger partial charge in [-0.05, 0) is 47.3 Å². The quantitative estimate of drug-likeness (QED) is 0.798. The third kappa shape index (κ3) is 3.61. The molecule has 0 bridgehead atoms. The normalized spacial score (nSPS) is 22.1. The number of urea groups is 1. The summed E-state index contributed by atoms with van der Waals surface area (Å²) in [6.45, 7) is 0. The first-order valence-electron chi connectivity index (χ1n) is 6.19. The number of hydrogen-bond acceptors (Lipinski definition) is 3. The highest BCUT2D eigenvalue weighted by atomic mass is 79.9. The van der Waals surface area contributed by atoms with Crippen molar-refractivity contribution in [2.45, 2.75) is 31.4 Å². The van der Waals surface area contributed by atoms with Gasteiger partial charge >= 0.3 is 6.03 Å². The highest BCUT2D eigenvalue weighted by Crippen LogP contribution is 2.27. The predicted molar refractivity (Wildman–Crippen MR) is 76.5 cm³/mol. The van der Waals surface area contributed by atoms with Crippen molar-refractivity contribution in [2.75, 3.05) is 12.4 Å². The molecule has 2 amide bonds. The van der Waals surface area contributed by atoms with Gasteiger partial charge in [-0.25, -0.2) is 4.79 Å². The third-order valence-electron chi connectivity index (χ3n) is 3.22. The number of aliphatic hydroxyl groups excluding tert-OH is 1. The number of halogens is 1. The van der Waals surface area contributed by atoms with Gasteiger partial charge in [0.05, 0.1) is 24.9 Å². The number of rotatable bonds is 3. The Morgan fingerprint density at radius 2 is 2.26 bits per heavy atom. The number of methoxy groups -OCH3 is 1. The fourth-order valence-corrected chi connectivity index (χ4v) is 2.51. The lowest BCUT2D eigenvalue weighted by Gasteiger charge is -2.17. The molecule has 0 heterocycles. The van der Waals surface area contributed by atoms with Crippen molar-refractivity contribution in [1.82, 2.24) is 5.32 Å². The van der Waals surface area contributed by atoms with E-state index in [1.54, 1.807) is 25.3 Å². The van der Waals surface area contributed by atoms with Crippen molar-refractivity contribution in [3.05, 3.63) is 22.7 Å². The van der Waals surface area contributed by atoms with Crippen molar-refractivity contribution in [3.8, 4) is 5.75 Å². The molecule has 0 aliphatic heterocycles. The van der Waals surface area contributed by atoms with Crippen LogP contribution in [0.25, 0.3) is 0 Å². The molecule has 1 aromatic rings. The molecule has 19 heavy (non-hydrogen) atoms. The summed E-state index contributed by atoms with van der Waals surface area (Å²) in [5.41, 5.74) is 0.629. The number of nitrogens with one attached hydrogen (secondary N) is 2. The summed E-state index contributed by atoms with van der Waals surface area (Å²) in [4.78, 5) is 11.9. The Morgan fingerprint density at radius 3 is 2.89 bits per heavy atom. The summed E-state index contributed by atoms with van der Waals surface area (Å²) in [5, 5.41) is 15.2. The second kappa shape index (κ2) is 6.25. The molecule has 2 unspecified atom stereocenters. The summed E-state index contributed by atoms with van der Waals surface area (Å²) in [7, 11) is 1.57. The van der Waals surface area contributed by atoms with Crippen molar-refractivity contribution in [3.63, 3.8) is 0 Å². The molecular weight excluding hydrogens is 312 g/mol. The maximum absolute atomic E-state index is 11.9. The maximum Gasteiger partial charge on any atom is 0.319 e. The Kier molecular flexibility index (Phi) is 4.66. The van der Waals surface area contributed by atoms with Crippen molar-refractivity contribution in [2.24, 2.45) is 0 Å². The third-order valence-corrected chi connectivity index (χ3v) is 3.91. The molecule has 1 aromatic carbocycles. The van der Waals surface area contributed by atoms with Gasteiger partial charge in [-0.2, -0.15) is 0 Å². The minimum absolute atomic E-state index is 0.163. The Bertz CT molecular complexity index is 467. The van der Waals surface area contributed by atoms with Crippen molar-refractivity contribution >= 4 is 27.6 Å². The van der Waals surface area contributed by atoms with E-state index in [0.717, 1.165) is 23.7 Å². The lowest BCUT2D eigenvalue weighted by Crippen LogP contribution is -2.42. The smallest absolute Gasteiger partial charge is 0.319 e. The Labute approximate surface area is 120 Å². The van der Waals surface area contributed by atoms with Crippen LogP contribution in [0.5, 0.6) is 5.75 Å². The Hall–Kier alpha value is -1.27. The fraction of sp³-hybridized carbons (Fsp3) is 0.462. The summed E-state index contributed by atoms with van der Waals surface area (Å²) >= 11 is 3.37. The summed E-state index contributed by atoms with van der Waals surface area (Å²) in [5.74, 6) is 0.666. The largest absolute Gasteiger partial charge is 0.497 e. The average Bonchev–Trinajstić information content (AvgIpc) is 2.78. The highest BCUT2D eigenvalue weighted by molar-refractivity contribution is 9.10. The first-order chi connectivity index (χ1) is 9.10. The van der Waals surface area contributed by atoms with Gasteiger partial charge in [0.15, 0.2) is 0 Å². The summed E-state index contributed by atoms with van der Waals surface area (Å²) in [6, 6.07) is 4.85. The molecule has 1 aliphatic rings. The minimum atomic E-state index is -0.445. The minimum Gasteiger partial charge on any atom is -0.497 e. The first-order valence-corrected chi connectivity index (χ1v) is 6.98. The van der Waals surface area contributed by atoms with Gasteiger partial charge < -0.3 is 20.5 Å². The van der Waals surface area contributed by atoms with Gasteiger partial charge in [0, 0.05) is 10.5 Å². The van der Waals surface area contributed by atoms with E-state index in [2.05, 4.69) is 26.6 Å². The van der Waals surface area contributed by atoms with E-state index >= 15 is 0 Å². The lowest BCUT2D eigenvalue weighted by molar-refractivity contribution is 0.151. The predicted octanol–water partition coefficient (Wildman–Crippen LogP) is 2.49. The van der Waals surface area contributed by atoms with Gasteiger partial charge in [-0.3, -0.25) is 0 Å². The van der Waals surface area contributed by atoms with Gasteiger partial charge in [0.1, 0.15) is 5.75 Å². The van der Waals surface area contributed by atoms with E-state index in [-0.39, 0.29) is 12.1 Å².